The van der Waals surface area contributed by atoms with Crippen molar-refractivity contribution in [2.75, 3.05) is 26.2 Å². The number of hydrogen-bond acceptors (Lipinski definition) is 4. The van der Waals surface area contributed by atoms with Crippen LogP contribution in [0, 0.1) is 24.5 Å². The van der Waals surface area contributed by atoms with E-state index in [1.54, 1.807) is 18.2 Å². The van der Waals surface area contributed by atoms with Crippen molar-refractivity contribution in [3.05, 3.63) is 65.2 Å². The molecule has 0 spiro atoms. The lowest BCUT2D eigenvalue weighted by Gasteiger charge is -2.36. The fourth-order valence-corrected chi connectivity index (χ4v) is 5.09. The normalized spacial score (nSPS) is 16.0. The first-order valence-corrected chi connectivity index (χ1v) is 12.1. The number of nitrogens with one attached hydrogen (secondary N) is 1. The van der Waals surface area contributed by atoms with E-state index in [1.807, 2.05) is 26.8 Å². The maximum absolute atomic E-state index is 13.5. The largest absolute Gasteiger partial charge is 0.340 e. The fourth-order valence-electron chi connectivity index (χ4n) is 3.66. The molecule has 2 aromatic rings. The summed E-state index contributed by atoms with van der Waals surface area (Å²) in [4.78, 5) is 27.0. The molecule has 1 fully saturated rings. The molecule has 1 aliphatic heterocycles. The van der Waals surface area contributed by atoms with E-state index in [9.17, 15) is 26.8 Å². The Morgan fingerprint density at radius 2 is 1.64 bits per heavy atom. The number of aryl methyl sites for hydroxylation is 1. The number of carbonyl (C=O) groups excluding carboxylic acids is 2. The zero-order chi connectivity index (χ0) is 24.3. The number of nitrogens with zero attached hydrogens (tertiary/aromatic N) is 2. The summed E-state index contributed by atoms with van der Waals surface area (Å²) in [5.74, 6) is -3.21. The SMILES string of the molecule is Cc1cccc(C(=O)NC(C(=O)N2CCN(S(=O)(=O)c3ccc(F)c(F)c3)CC2)C(C)C)c1. The van der Waals surface area contributed by atoms with Gasteiger partial charge in [0.25, 0.3) is 5.91 Å². The summed E-state index contributed by atoms with van der Waals surface area (Å²) in [6, 6.07) is 8.71. The first-order chi connectivity index (χ1) is 15.5. The van der Waals surface area contributed by atoms with Crippen LogP contribution in [0.15, 0.2) is 47.4 Å². The molecule has 2 aromatic carbocycles. The predicted molar refractivity (Wildman–Crippen MR) is 119 cm³/mol. The van der Waals surface area contributed by atoms with Crippen molar-refractivity contribution < 1.29 is 26.8 Å². The minimum Gasteiger partial charge on any atom is -0.340 e. The summed E-state index contributed by atoms with van der Waals surface area (Å²) in [5, 5.41) is 2.80. The summed E-state index contributed by atoms with van der Waals surface area (Å²) in [6.45, 7) is 5.76. The first-order valence-electron chi connectivity index (χ1n) is 10.6. The standard InChI is InChI=1S/C23H27F2N3O4S/c1-15(2)21(26-22(29)17-6-4-5-16(3)13-17)23(30)27-9-11-28(12-10-27)33(31,32)18-7-8-19(24)20(25)14-18/h4-8,13-15,21H,9-12H2,1-3H3,(H,26,29). The molecule has 1 N–H and O–H groups in total. The van der Waals surface area contributed by atoms with Crippen molar-refractivity contribution in [2.45, 2.75) is 31.7 Å². The quantitative estimate of drug-likeness (QED) is 0.690. The van der Waals surface area contributed by atoms with Gasteiger partial charge in [0.15, 0.2) is 11.6 Å². The number of halogens is 2. The topological polar surface area (TPSA) is 86.8 Å². The molecule has 1 heterocycles. The summed E-state index contributed by atoms with van der Waals surface area (Å²) >= 11 is 0. The first kappa shape index (κ1) is 24.8. The minimum absolute atomic E-state index is 0.00368. The maximum atomic E-state index is 13.5. The second kappa shape index (κ2) is 9.96. The number of carbonyl (C=O) groups is 2. The Labute approximate surface area is 192 Å². The van der Waals surface area contributed by atoms with Crippen LogP contribution in [-0.2, 0) is 14.8 Å². The number of amides is 2. The van der Waals surface area contributed by atoms with E-state index < -0.39 is 27.7 Å². The van der Waals surface area contributed by atoms with E-state index in [0.717, 1.165) is 22.0 Å². The van der Waals surface area contributed by atoms with Gasteiger partial charge in [0.2, 0.25) is 15.9 Å². The third kappa shape index (κ3) is 5.56. The molecule has 0 radical (unpaired) electrons. The third-order valence-electron chi connectivity index (χ3n) is 5.58. The van der Waals surface area contributed by atoms with Crippen molar-refractivity contribution in [3.8, 4) is 0 Å². The van der Waals surface area contributed by atoms with Crippen molar-refractivity contribution >= 4 is 21.8 Å². The molecule has 1 unspecified atom stereocenters. The molecule has 3 rings (SSSR count). The molecule has 2 amide bonds. The lowest BCUT2D eigenvalue weighted by atomic mass is 10.0. The molecular formula is C23H27F2N3O4S. The maximum Gasteiger partial charge on any atom is 0.251 e. The van der Waals surface area contributed by atoms with Gasteiger partial charge in [-0.2, -0.15) is 4.31 Å². The monoisotopic (exact) mass is 479 g/mol. The van der Waals surface area contributed by atoms with Gasteiger partial charge < -0.3 is 10.2 Å². The Morgan fingerprint density at radius 1 is 0.970 bits per heavy atom. The molecule has 1 atom stereocenters. The van der Waals surface area contributed by atoms with Crippen molar-refractivity contribution in [2.24, 2.45) is 5.92 Å². The Hall–Kier alpha value is -2.85. The number of sulfonamides is 1. The molecule has 7 nitrogen and oxygen atoms in total. The summed E-state index contributed by atoms with van der Waals surface area (Å²) < 4.78 is 53.4. The molecule has 0 aromatic heterocycles. The summed E-state index contributed by atoms with van der Waals surface area (Å²) in [6.07, 6.45) is 0. The predicted octanol–water partition coefficient (Wildman–Crippen LogP) is 2.56. The number of rotatable bonds is 6. The molecule has 0 saturated carbocycles. The third-order valence-corrected chi connectivity index (χ3v) is 7.47. The van der Waals surface area contributed by atoms with Crippen LogP contribution < -0.4 is 5.32 Å². The second-order valence-electron chi connectivity index (χ2n) is 8.37. The van der Waals surface area contributed by atoms with Crippen LogP contribution >= 0.6 is 0 Å². The van der Waals surface area contributed by atoms with Gasteiger partial charge in [0.1, 0.15) is 6.04 Å². The number of benzene rings is 2. The fraction of sp³-hybridized carbons (Fsp3) is 0.391. The molecule has 0 bridgehead atoms. The molecular weight excluding hydrogens is 452 g/mol. The van der Waals surface area contributed by atoms with E-state index in [-0.39, 0.29) is 48.8 Å². The van der Waals surface area contributed by atoms with Gasteiger partial charge in [-0.05, 0) is 43.2 Å². The average Bonchev–Trinajstić information content (AvgIpc) is 2.78. The zero-order valence-electron chi connectivity index (χ0n) is 18.7. The van der Waals surface area contributed by atoms with Gasteiger partial charge >= 0.3 is 0 Å². The lowest BCUT2D eigenvalue weighted by molar-refractivity contribution is -0.135. The zero-order valence-corrected chi connectivity index (χ0v) is 19.5. The van der Waals surface area contributed by atoms with E-state index >= 15 is 0 Å². The van der Waals surface area contributed by atoms with Gasteiger partial charge in [0, 0.05) is 31.7 Å². The highest BCUT2D eigenvalue weighted by atomic mass is 32.2. The van der Waals surface area contributed by atoms with E-state index in [4.69, 9.17) is 0 Å². The number of piperazine rings is 1. The van der Waals surface area contributed by atoms with Crippen molar-refractivity contribution in [1.29, 1.82) is 0 Å². The lowest BCUT2D eigenvalue weighted by Crippen LogP contribution is -2.57. The van der Waals surface area contributed by atoms with Crippen LogP contribution in [-0.4, -0.2) is 61.7 Å². The van der Waals surface area contributed by atoms with Gasteiger partial charge in [0.05, 0.1) is 4.90 Å². The number of hydrogen-bond donors (Lipinski definition) is 1. The van der Waals surface area contributed by atoms with Crippen LogP contribution in [0.3, 0.4) is 0 Å². The second-order valence-corrected chi connectivity index (χ2v) is 10.3. The Morgan fingerprint density at radius 3 is 2.21 bits per heavy atom. The average molecular weight is 480 g/mol. The minimum atomic E-state index is -4.03. The molecule has 0 aliphatic carbocycles. The highest BCUT2D eigenvalue weighted by Crippen LogP contribution is 2.21. The Balaban J connectivity index is 1.67. The van der Waals surface area contributed by atoms with Crippen LogP contribution in [0.25, 0.3) is 0 Å². The summed E-state index contributed by atoms with van der Waals surface area (Å²) in [5.41, 5.74) is 1.38. The van der Waals surface area contributed by atoms with Crippen LogP contribution in [0.2, 0.25) is 0 Å². The van der Waals surface area contributed by atoms with Crippen molar-refractivity contribution in [1.82, 2.24) is 14.5 Å². The van der Waals surface area contributed by atoms with Crippen LogP contribution in [0.4, 0.5) is 8.78 Å². The molecule has 1 aliphatic rings. The van der Waals surface area contributed by atoms with E-state index in [2.05, 4.69) is 5.32 Å². The van der Waals surface area contributed by atoms with Crippen LogP contribution in [0.1, 0.15) is 29.8 Å². The highest BCUT2D eigenvalue weighted by Gasteiger charge is 2.34. The van der Waals surface area contributed by atoms with Gasteiger partial charge in [-0.25, -0.2) is 17.2 Å². The van der Waals surface area contributed by atoms with E-state index in [1.165, 1.54) is 4.90 Å². The molecule has 178 valence electrons. The molecule has 10 heteroatoms. The summed E-state index contributed by atoms with van der Waals surface area (Å²) in [7, 11) is -4.03. The molecule has 33 heavy (non-hydrogen) atoms. The Kier molecular flexibility index (Phi) is 7.48. The van der Waals surface area contributed by atoms with Crippen molar-refractivity contribution in [3.63, 3.8) is 0 Å². The smallest absolute Gasteiger partial charge is 0.251 e. The van der Waals surface area contributed by atoms with Gasteiger partial charge in [-0.15, -0.1) is 0 Å². The highest BCUT2D eigenvalue weighted by molar-refractivity contribution is 7.89. The van der Waals surface area contributed by atoms with Crippen LogP contribution in [0.5, 0.6) is 0 Å². The van der Waals surface area contributed by atoms with E-state index in [0.29, 0.717) is 11.6 Å². The van der Waals surface area contributed by atoms with Gasteiger partial charge in [-0.3, -0.25) is 9.59 Å². The van der Waals surface area contributed by atoms with Gasteiger partial charge in [-0.1, -0.05) is 31.5 Å². The Bertz CT molecular complexity index is 1150. The molecule has 1 saturated heterocycles.